The molecular weight excluding hydrogens is 843 g/mol. The first-order valence-electron chi connectivity index (χ1n) is 21.9. The number of nitrogens with two attached hydrogens (primary N) is 2. The molecule has 66 heavy (non-hydrogen) atoms. The van der Waals surface area contributed by atoms with E-state index in [2.05, 4.69) is 36.6 Å². The molecule has 0 spiro atoms. The van der Waals surface area contributed by atoms with Crippen LogP contribution in [0.15, 0.2) is 116 Å². The summed E-state index contributed by atoms with van der Waals surface area (Å²) in [6, 6.07) is 23.8. The van der Waals surface area contributed by atoms with Crippen LogP contribution in [0, 0.1) is 0 Å². The summed E-state index contributed by atoms with van der Waals surface area (Å²) < 4.78 is 0. The molecule has 6 rings (SSSR count). The van der Waals surface area contributed by atoms with Gasteiger partial charge in [0.2, 0.25) is 35.4 Å². The van der Waals surface area contributed by atoms with Crippen molar-refractivity contribution in [3.05, 3.63) is 138 Å². The molecule has 0 aliphatic heterocycles. The molecule has 6 amide bonds. The second-order valence-corrected chi connectivity index (χ2v) is 16.2. The van der Waals surface area contributed by atoms with Crippen LogP contribution >= 0.6 is 0 Å². The molecule has 0 saturated carbocycles. The standard InChI is InChI=1S/C49H57N9O8/c50-23-9-8-16-39(45(51)62)55-46(63)40(24-31-10-2-1-3-11-31)56-48(65)42(26-33-28-53-38-15-7-5-13-36(33)38)57-49(66)43(29-59)58-47(64)41(25-32-27-52-37-14-6-4-12-35(32)37)54-44(61)22-19-30-17-20-34(60)21-18-30/h1-7,10-15,17-18,20-21,27-28,39-43,52-53,59-60H,8-9,16,19,22-26,29,50H2,(H2,51,62)(H,54,61)(H,55,63)(H,56,65)(H,57,66)(H,58,64)/t39-,40+,41+,42-,43-/m0/s1. The average Bonchev–Trinajstić information content (AvgIpc) is 3.93. The molecule has 0 saturated heterocycles. The number of amides is 6. The fourth-order valence-electron chi connectivity index (χ4n) is 7.77. The Kier molecular flexibility index (Phi) is 17.0. The Bertz CT molecular complexity index is 2590. The number of para-hydroxylation sites is 2. The number of H-pyrrole nitrogens is 2. The number of hydrogen-bond acceptors (Lipinski definition) is 9. The molecule has 0 radical (unpaired) electrons. The van der Waals surface area contributed by atoms with Crippen LogP contribution in [0.1, 0.15) is 47.9 Å². The van der Waals surface area contributed by atoms with Crippen molar-refractivity contribution >= 4 is 57.2 Å². The Balaban J connectivity index is 1.23. The molecule has 17 heteroatoms. The van der Waals surface area contributed by atoms with Crippen molar-refractivity contribution in [3.8, 4) is 5.75 Å². The maximum atomic E-state index is 14.5. The Morgan fingerprint density at radius 2 is 1.03 bits per heavy atom. The summed E-state index contributed by atoms with van der Waals surface area (Å²) in [6.45, 7) is -0.479. The number of aliphatic hydroxyl groups is 1. The minimum Gasteiger partial charge on any atom is -0.508 e. The minimum atomic E-state index is -1.58. The Labute approximate surface area is 381 Å². The number of phenols is 1. The number of primary amides is 1. The van der Waals surface area contributed by atoms with Crippen molar-refractivity contribution in [2.45, 2.75) is 81.6 Å². The van der Waals surface area contributed by atoms with Crippen molar-refractivity contribution in [3.63, 3.8) is 0 Å². The zero-order valence-electron chi connectivity index (χ0n) is 36.4. The lowest BCUT2D eigenvalue weighted by Gasteiger charge is -2.27. The lowest BCUT2D eigenvalue weighted by atomic mass is 10.0. The summed E-state index contributed by atoms with van der Waals surface area (Å²) in [6.07, 6.45) is 5.12. The Morgan fingerprint density at radius 3 is 1.58 bits per heavy atom. The van der Waals surface area contributed by atoms with Crippen molar-refractivity contribution in [2.75, 3.05) is 13.2 Å². The minimum absolute atomic E-state index is 0.0117. The fraction of sp³-hybridized carbons (Fsp3) is 0.306. The first-order chi connectivity index (χ1) is 31.9. The number of aromatic amines is 2. The Morgan fingerprint density at radius 1 is 0.545 bits per heavy atom. The van der Waals surface area contributed by atoms with Gasteiger partial charge < -0.3 is 58.2 Å². The Hall–Kier alpha value is -7.50. The predicted molar refractivity (Wildman–Crippen MR) is 249 cm³/mol. The molecule has 0 fully saturated rings. The van der Waals surface area contributed by atoms with Gasteiger partial charge in [-0.25, -0.2) is 0 Å². The molecule has 5 atom stereocenters. The first-order valence-corrected chi connectivity index (χ1v) is 21.9. The number of nitrogens with one attached hydrogen (secondary N) is 7. The molecule has 0 aliphatic carbocycles. The second-order valence-electron chi connectivity index (χ2n) is 16.2. The summed E-state index contributed by atoms with van der Waals surface area (Å²) in [4.78, 5) is 88.8. The third-order valence-electron chi connectivity index (χ3n) is 11.4. The summed E-state index contributed by atoms with van der Waals surface area (Å²) in [7, 11) is 0. The topological polar surface area (TPSA) is 287 Å². The third-order valence-corrected chi connectivity index (χ3v) is 11.4. The molecule has 13 N–H and O–H groups in total. The first kappa shape index (κ1) is 48.0. The molecule has 0 aliphatic rings. The number of carbonyl (C=O) groups excluding carboxylic acids is 6. The number of fused-ring (bicyclic) bond motifs is 2. The number of rotatable bonds is 24. The van der Waals surface area contributed by atoms with Gasteiger partial charge in [-0.2, -0.15) is 0 Å². The van der Waals surface area contributed by atoms with E-state index in [-0.39, 0.29) is 37.9 Å². The van der Waals surface area contributed by atoms with Gasteiger partial charge in [0, 0.05) is 59.9 Å². The average molecular weight is 900 g/mol. The number of aromatic nitrogens is 2. The van der Waals surface area contributed by atoms with E-state index in [4.69, 9.17) is 11.5 Å². The van der Waals surface area contributed by atoms with Crippen molar-refractivity contribution in [2.24, 2.45) is 11.5 Å². The fourth-order valence-corrected chi connectivity index (χ4v) is 7.77. The highest BCUT2D eigenvalue weighted by molar-refractivity contribution is 5.97. The third kappa shape index (κ3) is 13.3. The van der Waals surface area contributed by atoms with Crippen molar-refractivity contribution in [1.29, 1.82) is 0 Å². The number of aliphatic hydroxyl groups excluding tert-OH is 1. The summed E-state index contributed by atoms with van der Waals surface area (Å²) in [5.41, 5.74) is 15.8. The molecule has 4 aromatic carbocycles. The van der Waals surface area contributed by atoms with Gasteiger partial charge in [-0.3, -0.25) is 28.8 Å². The van der Waals surface area contributed by atoms with E-state index >= 15 is 0 Å². The van der Waals surface area contributed by atoms with Crippen molar-refractivity contribution < 1.29 is 39.0 Å². The van der Waals surface area contributed by atoms with E-state index in [1.165, 1.54) is 12.1 Å². The van der Waals surface area contributed by atoms with E-state index < -0.39 is 72.3 Å². The molecule has 0 bridgehead atoms. The van der Waals surface area contributed by atoms with Crippen molar-refractivity contribution in [1.82, 2.24) is 36.6 Å². The lowest BCUT2D eigenvalue weighted by Crippen LogP contribution is -2.60. The number of aromatic hydroxyl groups is 1. The number of carbonyl (C=O) groups is 6. The highest BCUT2D eigenvalue weighted by Gasteiger charge is 2.33. The van der Waals surface area contributed by atoms with Crippen LogP contribution in [-0.2, 0) is 54.5 Å². The highest BCUT2D eigenvalue weighted by atomic mass is 16.3. The summed E-state index contributed by atoms with van der Waals surface area (Å²) in [5, 5.41) is 35.4. The molecule has 0 unspecified atom stereocenters. The van der Waals surface area contributed by atoms with Gasteiger partial charge in [0.1, 0.15) is 36.0 Å². The van der Waals surface area contributed by atoms with Crippen LogP contribution in [0.25, 0.3) is 21.8 Å². The highest BCUT2D eigenvalue weighted by Crippen LogP contribution is 2.21. The number of benzene rings is 4. The maximum absolute atomic E-state index is 14.5. The van der Waals surface area contributed by atoms with E-state index in [1.54, 1.807) is 54.9 Å². The maximum Gasteiger partial charge on any atom is 0.245 e. The largest absolute Gasteiger partial charge is 0.508 e. The van der Waals surface area contributed by atoms with Crippen LogP contribution in [0.5, 0.6) is 5.75 Å². The van der Waals surface area contributed by atoms with E-state index in [9.17, 15) is 39.0 Å². The van der Waals surface area contributed by atoms with Crippen LogP contribution in [0.4, 0.5) is 0 Å². The van der Waals surface area contributed by atoms with Crippen LogP contribution in [0.3, 0.4) is 0 Å². The van der Waals surface area contributed by atoms with Gasteiger partial charge in [0.25, 0.3) is 0 Å². The smallest absolute Gasteiger partial charge is 0.245 e. The summed E-state index contributed by atoms with van der Waals surface area (Å²) >= 11 is 0. The molecular formula is C49H57N9O8. The van der Waals surface area contributed by atoms with E-state index in [0.29, 0.717) is 36.9 Å². The number of unbranched alkanes of at least 4 members (excludes halogenated alkanes) is 1. The zero-order valence-corrected chi connectivity index (χ0v) is 36.4. The predicted octanol–water partition coefficient (Wildman–Crippen LogP) is 2.05. The zero-order chi connectivity index (χ0) is 47.0. The molecule has 2 heterocycles. The van der Waals surface area contributed by atoms with Crippen LogP contribution in [-0.4, -0.2) is 99.0 Å². The quantitative estimate of drug-likeness (QED) is 0.0396. The second kappa shape index (κ2) is 23.4. The van der Waals surface area contributed by atoms with Gasteiger partial charge >= 0.3 is 0 Å². The number of hydrogen-bond donors (Lipinski definition) is 11. The SMILES string of the molecule is NCCCC[C@H](NC(=O)[C@@H](Cc1ccccc1)NC(=O)[C@H](Cc1c[nH]c2ccccc12)NC(=O)[C@H](CO)NC(=O)[C@@H](Cc1c[nH]c2ccccc12)NC(=O)CCc1ccc(O)cc1)C(N)=O. The van der Waals surface area contributed by atoms with Gasteiger partial charge in [0.15, 0.2) is 0 Å². The van der Waals surface area contributed by atoms with Gasteiger partial charge in [0.05, 0.1) is 6.61 Å². The van der Waals surface area contributed by atoms with Crippen LogP contribution < -0.4 is 38.1 Å². The molecule has 17 nitrogen and oxygen atoms in total. The van der Waals surface area contributed by atoms with Gasteiger partial charge in [-0.1, -0.05) is 78.9 Å². The van der Waals surface area contributed by atoms with Gasteiger partial charge in [-0.15, -0.1) is 0 Å². The van der Waals surface area contributed by atoms with Gasteiger partial charge in [-0.05, 0) is 78.7 Å². The number of phenolic OH excluding ortho intramolecular Hbond substituents is 1. The van der Waals surface area contributed by atoms with E-state index in [1.807, 2.05) is 48.5 Å². The molecule has 6 aromatic rings. The normalized spacial score (nSPS) is 13.5. The van der Waals surface area contributed by atoms with E-state index in [0.717, 1.165) is 32.9 Å². The molecule has 346 valence electrons. The molecule has 2 aromatic heterocycles. The van der Waals surface area contributed by atoms with Crippen LogP contribution in [0.2, 0.25) is 0 Å². The summed E-state index contributed by atoms with van der Waals surface area (Å²) in [5.74, 6) is -4.21. The monoisotopic (exact) mass is 899 g/mol. The lowest BCUT2D eigenvalue weighted by molar-refractivity contribution is -0.135. The number of aryl methyl sites for hydroxylation is 1.